The Balaban J connectivity index is 0.000000144. The third kappa shape index (κ3) is 13.8. The number of nitrogens with zero attached hydrogens (tertiary/aromatic N) is 4. The number of amides is 6. The maximum atomic E-state index is 13.6. The van der Waals surface area contributed by atoms with Crippen LogP contribution in [0.15, 0.2) is 79.1 Å². The van der Waals surface area contributed by atoms with Gasteiger partial charge in [-0.1, -0.05) is 52.0 Å². The molecule has 6 amide bonds. The zero-order valence-corrected chi connectivity index (χ0v) is 55.9. The van der Waals surface area contributed by atoms with E-state index in [1.807, 2.05) is 58.0 Å². The van der Waals surface area contributed by atoms with Crippen molar-refractivity contribution >= 4 is 66.4 Å². The second-order valence-corrected chi connectivity index (χ2v) is 31.7. The quantitative estimate of drug-likeness (QED) is 0.106. The Bertz CT molecular complexity index is 4050. The van der Waals surface area contributed by atoms with Crippen molar-refractivity contribution < 1.29 is 75.4 Å². The number of fused-ring (bicyclic) bond motifs is 15. The van der Waals surface area contributed by atoms with E-state index >= 15 is 0 Å². The highest BCUT2D eigenvalue weighted by Gasteiger charge is 2.60. The molecule has 22 nitrogen and oxygen atoms in total. The second-order valence-electron chi connectivity index (χ2n) is 28.2. The molecule has 0 spiro atoms. The number of carbonyl (C=O) groups excluding carboxylic acids is 6. The summed E-state index contributed by atoms with van der Waals surface area (Å²) in [7, 11) is -12.2. The lowest BCUT2D eigenvalue weighted by Crippen LogP contribution is -2.59. The van der Waals surface area contributed by atoms with Gasteiger partial charge in [-0.25, -0.2) is 8.78 Å². The number of carbonyl (C=O) groups is 6. The Morgan fingerprint density at radius 1 is 0.532 bits per heavy atom. The fraction of sp³-hybridized carbons (Fsp3) is 0.567. The van der Waals surface area contributed by atoms with Gasteiger partial charge in [-0.3, -0.25) is 48.5 Å². The molecule has 508 valence electrons. The number of pyridine rings is 1. The molecule has 0 radical (unpaired) electrons. The molecule has 0 bridgehead atoms. The molecule has 3 saturated carbocycles. The SMILES string of the molecule is CC(F)(F)CCN1C(=O)CC2C3CCc4cc(OS(N)(=O)=O)ccc4C3CC[C@]2(C)C1=O.CCCN1C(=O)CC2C3CCc4cc(OS(N)(=O)=O)ccc4C3CC[C@]2(C)C1=O.C[C@]12CCC3c4ccc(OS(N)(=O)=O)cc4CCC3C1CC(=O)N(Cc1cccnc1)C2=O. The molecular weight excluding hydrogens is 1280 g/mol. The summed E-state index contributed by atoms with van der Waals surface area (Å²) in [6.07, 6.45) is 13.8. The van der Waals surface area contributed by atoms with E-state index in [1.165, 1.54) is 15.4 Å². The minimum absolute atomic E-state index is 0.00162. The average Bonchev–Trinajstić information content (AvgIpc) is 0.740. The third-order valence-electron chi connectivity index (χ3n) is 22.5. The highest BCUT2D eigenvalue weighted by molar-refractivity contribution is 7.85. The molecule has 3 aromatic carbocycles. The number of benzene rings is 3. The first-order valence-electron chi connectivity index (χ1n) is 32.4. The van der Waals surface area contributed by atoms with Gasteiger partial charge in [0.1, 0.15) is 17.2 Å². The summed E-state index contributed by atoms with van der Waals surface area (Å²) in [6.45, 7) is 9.23. The average molecular weight is 1360 g/mol. The molecule has 1 aromatic heterocycles. The summed E-state index contributed by atoms with van der Waals surface area (Å²) < 4.78 is 109. The first-order valence-corrected chi connectivity index (χ1v) is 36.9. The minimum atomic E-state index is -4.11. The number of likely N-dealkylation sites (tertiary alicyclic amines) is 3. The summed E-state index contributed by atoms with van der Waals surface area (Å²) >= 11 is 0. The number of piperidine rings is 3. The van der Waals surface area contributed by atoms with Crippen molar-refractivity contribution in [3.63, 3.8) is 0 Å². The Morgan fingerprint density at radius 3 is 1.21 bits per heavy atom. The highest BCUT2D eigenvalue weighted by Crippen LogP contribution is 2.61. The lowest BCUT2D eigenvalue weighted by Gasteiger charge is -2.54. The van der Waals surface area contributed by atoms with Gasteiger partial charge in [0.15, 0.2) is 0 Å². The predicted octanol–water partition coefficient (Wildman–Crippen LogP) is 8.32. The molecule has 13 rings (SSSR count). The summed E-state index contributed by atoms with van der Waals surface area (Å²) in [5.74, 6) is -2.06. The van der Waals surface area contributed by atoms with E-state index in [1.54, 1.807) is 48.8 Å². The van der Waals surface area contributed by atoms with Gasteiger partial charge >= 0.3 is 30.9 Å². The lowest BCUT2D eigenvalue weighted by atomic mass is 9.52. The first kappa shape index (κ1) is 68.6. The predicted molar refractivity (Wildman–Crippen MR) is 339 cm³/mol. The normalized spacial score (nSPS) is 30.4. The van der Waals surface area contributed by atoms with E-state index in [9.17, 15) is 62.8 Å². The smallest absolute Gasteiger partial charge is 0.371 e. The van der Waals surface area contributed by atoms with Crippen LogP contribution in [0.3, 0.4) is 0 Å². The number of aryl methyl sites for hydroxylation is 3. The van der Waals surface area contributed by atoms with Gasteiger partial charge in [-0.2, -0.15) is 40.7 Å². The number of rotatable bonds is 13. The summed E-state index contributed by atoms with van der Waals surface area (Å²) in [6, 6.07) is 19.4. The molecule has 3 aliphatic heterocycles. The zero-order chi connectivity index (χ0) is 67.8. The van der Waals surface area contributed by atoms with Crippen LogP contribution in [0.2, 0.25) is 0 Å². The molecule has 9 unspecified atom stereocenters. The second kappa shape index (κ2) is 25.7. The molecule has 3 saturated heterocycles. The third-order valence-corrected chi connectivity index (χ3v) is 23.7. The van der Waals surface area contributed by atoms with Crippen LogP contribution < -0.4 is 28.0 Å². The molecule has 94 heavy (non-hydrogen) atoms. The van der Waals surface area contributed by atoms with Crippen LogP contribution in [0, 0.1) is 51.8 Å². The Hall–Kier alpha value is -6.78. The number of hydrogen-bond acceptors (Lipinski definition) is 16. The molecule has 6 aliphatic carbocycles. The van der Waals surface area contributed by atoms with Crippen molar-refractivity contribution in [1.29, 1.82) is 0 Å². The van der Waals surface area contributed by atoms with E-state index in [2.05, 4.69) is 4.98 Å². The van der Waals surface area contributed by atoms with Crippen LogP contribution in [-0.2, 0) is 85.5 Å². The molecule has 9 aliphatic rings. The van der Waals surface area contributed by atoms with Crippen LogP contribution in [0.4, 0.5) is 8.78 Å². The van der Waals surface area contributed by atoms with Crippen LogP contribution in [0.1, 0.15) is 181 Å². The van der Waals surface area contributed by atoms with Gasteiger partial charge in [0.2, 0.25) is 41.4 Å². The molecule has 4 heterocycles. The van der Waals surface area contributed by atoms with Crippen LogP contribution in [0.5, 0.6) is 17.2 Å². The number of nitrogens with two attached hydrogens (primary N) is 3. The Labute approximate surface area is 548 Å². The van der Waals surface area contributed by atoms with Gasteiger partial charge in [0, 0.05) is 51.2 Å². The molecule has 12 atom stereocenters. The van der Waals surface area contributed by atoms with Crippen molar-refractivity contribution in [3.8, 4) is 17.2 Å². The summed E-state index contributed by atoms with van der Waals surface area (Å²) in [4.78, 5) is 86.7. The van der Waals surface area contributed by atoms with Gasteiger partial charge in [0.25, 0.3) is 0 Å². The van der Waals surface area contributed by atoms with Gasteiger partial charge in [0.05, 0.1) is 22.8 Å². The van der Waals surface area contributed by atoms with Crippen LogP contribution in [0.25, 0.3) is 0 Å². The topological polar surface area (TPSA) is 333 Å². The van der Waals surface area contributed by atoms with E-state index in [0.717, 1.165) is 109 Å². The standard InChI is InChI=1S/C24H27N3O5S.C22H28F2N2O5S.C21H28N2O5S/c1-24-9-8-19-18-7-5-17(32-33(25,30)31)11-16(18)4-6-20(19)21(24)12-22(28)27(23(24)29)14-15-3-2-10-26-13-15;1-21-8-7-16-15-6-4-14(31-32(25,29)30)11-13(15)3-5-17(16)18(21)12-19(27)26(20(21)28)10-9-22(2,23)24;1-3-10-23-19(24)12-18-17-6-4-13-11-14(28-29(22,26)27)5-7-15(13)16(17)8-9-21(18,2)20(23)25/h2-3,5,7,10-11,13,19-21H,4,6,8-9,12,14H2,1H3,(H2,25,30,31);4,6,11,16-18H,3,5,7-10,12H2,1-2H3,(H2,25,29,30);5,7,11,16-18H,3-4,6,8-10,12H2,1-2H3,(H2,22,26,27)/t19?,20?,21?,24-;2*16?,17?,18?,21-/m000/s1. The molecule has 6 N–H and O–H groups in total. The lowest BCUT2D eigenvalue weighted by molar-refractivity contribution is -0.170. The zero-order valence-electron chi connectivity index (χ0n) is 53.5. The maximum absolute atomic E-state index is 13.6. The largest absolute Gasteiger partial charge is 0.380 e. The number of alkyl halides is 2. The monoisotopic (exact) mass is 1360 g/mol. The maximum Gasteiger partial charge on any atom is 0.380 e. The number of hydrogen-bond donors (Lipinski definition) is 3. The number of imide groups is 3. The number of aromatic nitrogens is 1. The fourth-order valence-corrected chi connectivity index (χ4v) is 19.2. The summed E-state index contributed by atoms with van der Waals surface area (Å²) in [5.41, 5.74) is 5.59. The van der Waals surface area contributed by atoms with E-state index in [0.29, 0.717) is 38.6 Å². The molecule has 27 heteroatoms. The van der Waals surface area contributed by atoms with Crippen LogP contribution >= 0.6 is 0 Å². The van der Waals surface area contributed by atoms with Crippen molar-refractivity contribution in [2.45, 2.75) is 174 Å². The van der Waals surface area contributed by atoms with Crippen molar-refractivity contribution in [3.05, 3.63) is 118 Å². The molecule has 4 aromatic rings. The highest BCUT2D eigenvalue weighted by atomic mass is 32.2. The fourth-order valence-electron chi connectivity index (χ4n) is 18.1. The Kier molecular flexibility index (Phi) is 18.7. The minimum Gasteiger partial charge on any atom is -0.371 e. The first-order chi connectivity index (χ1) is 44.1. The molecule has 6 fully saturated rings. The Morgan fingerprint density at radius 2 is 0.883 bits per heavy atom. The van der Waals surface area contributed by atoms with E-state index in [4.69, 9.17) is 28.0 Å². The van der Waals surface area contributed by atoms with Gasteiger partial charge in [-0.15, -0.1) is 0 Å². The summed E-state index contributed by atoms with van der Waals surface area (Å²) in [5, 5.41) is 14.9. The van der Waals surface area contributed by atoms with E-state index in [-0.39, 0.29) is 125 Å². The van der Waals surface area contributed by atoms with E-state index < -0.39 is 59.5 Å². The van der Waals surface area contributed by atoms with Crippen molar-refractivity contribution in [1.82, 2.24) is 19.7 Å². The van der Waals surface area contributed by atoms with Gasteiger partial charge in [-0.05, 0) is 225 Å². The van der Waals surface area contributed by atoms with Crippen molar-refractivity contribution in [2.24, 2.45) is 67.2 Å². The van der Waals surface area contributed by atoms with Crippen molar-refractivity contribution in [2.75, 3.05) is 13.1 Å². The molecular formula is C67H83F2N7O15S3. The van der Waals surface area contributed by atoms with Crippen LogP contribution in [-0.4, -0.2) is 99.4 Å². The van der Waals surface area contributed by atoms with Gasteiger partial charge < -0.3 is 12.5 Å². The number of halogens is 2.